The van der Waals surface area contributed by atoms with E-state index < -0.39 is 5.97 Å². The van der Waals surface area contributed by atoms with Gasteiger partial charge in [0, 0.05) is 11.1 Å². The van der Waals surface area contributed by atoms with E-state index in [0.29, 0.717) is 23.3 Å². The third-order valence-corrected chi connectivity index (χ3v) is 2.52. The lowest BCUT2D eigenvalue weighted by Crippen LogP contribution is -1.97. The molecule has 1 atom stereocenters. The molecule has 0 unspecified atom stereocenters. The molecule has 0 aliphatic carbocycles. The molecule has 2 heterocycles. The Morgan fingerprint density at radius 1 is 1.43 bits per heavy atom. The fourth-order valence-electron chi connectivity index (χ4n) is 1.66. The van der Waals surface area contributed by atoms with Gasteiger partial charge in [-0.25, -0.2) is 9.18 Å². The number of halogens is 1. The summed E-state index contributed by atoms with van der Waals surface area (Å²) in [5.74, 6) is -0.794. The average molecular weight is 194 g/mol. The summed E-state index contributed by atoms with van der Waals surface area (Å²) >= 11 is 0. The topological polar surface area (TPSA) is 38.8 Å². The van der Waals surface area contributed by atoms with Crippen molar-refractivity contribution in [1.82, 2.24) is 0 Å². The number of benzene rings is 1. The second-order valence-electron chi connectivity index (χ2n) is 3.39. The number of esters is 1. The predicted octanol–water partition coefficient (Wildman–Crippen LogP) is 1.57. The van der Waals surface area contributed by atoms with Crippen LogP contribution < -0.4 is 0 Å². The SMILES string of the molecule is O=C1OCc2c1ccc([C@@H]1CO1)c2F. The van der Waals surface area contributed by atoms with Gasteiger partial charge in [0.05, 0.1) is 12.2 Å². The molecular formula is C10H7FO3. The Labute approximate surface area is 79.4 Å². The van der Waals surface area contributed by atoms with E-state index in [0.717, 1.165) is 0 Å². The van der Waals surface area contributed by atoms with Crippen molar-refractivity contribution < 1.29 is 18.7 Å². The number of hydrogen-bond donors (Lipinski definition) is 0. The maximum Gasteiger partial charge on any atom is 0.338 e. The molecule has 1 saturated heterocycles. The lowest BCUT2D eigenvalue weighted by Gasteiger charge is -2.01. The number of fused-ring (bicyclic) bond motifs is 1. The smallest absolute Gasteiger partial charge is 0.338 e. The molecule has 14 heavy (non-hydrogen) atoms. The third-order valence-electron chi connectivity index (χ3n) is 2.52. The van der Waals surface area contributed by atoms with E-state index in [1.165, 1.54) is 0 Å². The zero-order chi connectivity index (χ0) is 9.71. The van der Waals surface area contributed by atoms with Gasteiger partial charge in [0.25, 0.3) is 0 Å². The number of ether oxygens (including phenoxy) is 2. The highest BCUT2D eigenvalue weighted by molar-refractivity contribution is 5.93. The van der Waals surface area contributed by atoms with Crippen LogP contribution in [0.25, 0.3) is 0 Å². The van der Waals surface area contributed by atoms with Crippen LogP contribution in [0.3, 0.4) is 0 Å². The zero-order valence-corrected chi connectivity index (χ0v) is 7.25. The Kier molecular flexibility index (Phi) is 1.44. The van der Waals surface area contributed by atoms with E-state index in [-0.39, 0.29) is 18.5 Å². The highest BCUT2D eigenvalue weighted by atomic mass is 19.1. The quantitative estimate of drug-likeness (QED) is 0.503. The van der Waals surface area contributed by atoms with Crippen LogP contribution in [0.5, 0.6) is 0 Å². The van der Waals surface area contributed by atoms with Crippen molar-refractivity contribution in [2.75, 3.05) is 6.61 Å². The number of hydrogen-bond acceptors (Lipinski definition) is 3. The summed E-state index contributed by atoms with van der Waals surface area (Å²) in [5.41, 5.74) is 1.23. The molecule has 2 aliphatic rings. The van der Waals surface area contributed by atoms with E-state index in [1.807, 2.05) is 0 Å². The van der Waals surface area contributed by atoms with Crippen LogP contribution in [0.15, 0.2) is 12.1 Å². The van der Waals surface area contributed by atoms with Crippen LogP contribution >= 0.6 is 0 Å². The maximum absolute atomic E-state index is 13.7. The Balaban J connectivity index is 2.16. The fourth-order valence-corrected chi connectivity index (χ4v) is 1.66. The first kappa shape index (κ1) is 7.94. The van der Waals surface area contributed by atoms with Crippen LogP contribution in [0.2, 0.25) is 0 Å². The minimum Gasteiger partial charge on any atom is -0.457 e. The minimum atomic E-state index is -0.442. The molecule has 4 heteroatoms. The summed E-state index contributed by atoms with van der Waals surface area (Å²) < 4.78 is 23.5. The maximum atomic E-state index is 13.7. The van der Waals surface area contributed by atoms with E-state index in [9.17, 15) is 9.18 Å². The first-order chi connectivity index (χ1) is 6.77. The van der Waals surface area contributed by atoms with Gasteiger partial charge in [-0.1, -0.05) is 6.07 Å². The Hall–Kier alpha value is -1.42. The standard InChI is InChI=1S/C10H7FO3/c11-9-6(8-4-13-8)2-1-5-7(9)3-14-10(5)12/h1-2,8H,3-4H2/t8-/m0/s1. The molecule has 1 fully saturated rings. The van der Waals surface area contributed by atoms with Gasteiger partial charge in [-0.15, -0.1) is 0 Å². The molecule has 0 radical (unpaired) electrons. The van der Waals surface area contributed by atoms with Gasteiger partial charge < -0.3 is 9.47 Å². The molecule has 0 bridgehead atoms. The molecule has 0 amide bonds. The summed E-state index contributed by atoms with van der Waals surface area (Å²) in [6.45, 7) is 0.602. The third kappa shape index (κ3) is 0.974. The van der Waals surface area contributed by atoms with E-state index >= 15 is 0 Å². The molecule has 1 aromatic rings. The monoisotopic (exact) mass is 194 g/mol. The van der Waals surface area contributed by atoms with Gasteiger partial charge in [-0.05, 0) is 6.07 Å². The Bertz CT molecular complexity index is 424. The first-order valence-corrected chi connectivity index (χ1v) is 4.37. The Morgan fingerprint density at radius 3 is 2.93 bits per heavy atom. The van der Waals surface area contributed by atoms with Crippen molar-refractivity contribution in [2.24, 2.45) is 0 Å². The molecule has 2 aliphatic heterocycles. The molecule has 3 nitrogen and oxygen atoms in total. The first-order valence-electron chi connectivity index (χ1n) is 4.37. The van der Waals surface area contributed by atoms with E-state index in [1.54, 1.807) is 12.1 Å². The van der Waals surface area contributed by atoms with Gasteiger partial charge in [0.1, 0.15) is 18.5 Å². The van der Waals surface area contributed by atoms with Crippen LogP contribution in [0.1, 0.15) is 27.6 Å². The van der Waals surface area contributed by atoms with Crippen molar-refractivity contribution >= 4 is 5.97 Å². The average Bonchev–Trinajstić information content (AvgIpc) is 2.93. The normalized spacial score (nSPS) is 23.2. The lowest BCUT2D eigenvalue weighted by atomic mass is 10.0. The molecule has 0 spiro atoms. The molecule has 0 N–H and O–H groups in total. The van der Waals surface area contributed by atoms with Crippen molar-refractivity contribution in [2.45, 2.75) is 12.7 Å². The number of cyclic esters (lactones) is 1. The summed E-state index contributed by atoms with van der Waals surface area (Å²) in [4.78, 5) is 11.1. The van der Waals surface area contributed by atoms with Gasteiger partial charge in [-0.2, -0.15) is 0 Å². The van der Waals surface area contributed by atoms with Crippen molar-refractivity contribution in [3.8, 4) is 0 Å². The lowest BCUT2D eigenvalue weighted by molar-refractivity contribution is 0.0534. The summed E-state index contributed by atoms with van der Waals surface area (Å²) in [6.07, 6.45) is -0.129. The molecule has 3 rings (SSSR count). The minimum absolute atomic E-state index is 0.0422. The molecule has 1 aromatic carbocycles. The highest BCUT2D eigenvalue weighted by Crippen LogP contribution is 2.35. The second-order valence-corrected chi connectivity index (χ2v) is 3.39. The number of rotatable bonds is 1. The summed E-state index contributed by atoms with van der Waals surface area (Å²) in [6, 6.07) is 3.20. The van der Waals surface area contributed by atoms with E-state index in [2.05, 4.69) is 0 Å². The zero-order valence-electron chi connectivity index (χ0n) is 7.25. The van der Waals surface area contributed by atoms with Crippen LogP contribution in [-0.2, 0) is 16.1 Å². The summed E-state index contributed by atoms with van der Waals surface area (Å²) in [5, 5.41) is 0. The predicted molar refractivity (Wildman–Crippen MR) is 44.2 cm³/mol. The largest absolute Gasteiger partial charge is 0.457 e. The van der Waals surface area contributed by atoms with Crippen LogP contribution in [0, 0.1) is 5.82 Å². The van der Waals surface area contributed by atoms with Gasteiger partial charge in [0.15, 0.2) is 0 Å². The van der Waals surface area contributed by atoms with Crippen molar-refractivity contribution in [3.05, 3.63) is 34.6 Å². The second kappa shape index (κ2) is 2.54. The molecule has 0 saturated carbocycles. The van der Waals surface area contributed by atoms with Gasteiger partial charge in [-0.3, -0.25) is 0 Å². The number of carbonyl (C=O) groups excluding carboxylic acids is 1. The highest BCUT2D eigenvalue weighted by Gasteiger charge is 2.33. The number of carbonyl (C=O) groups is 1. The molecule has 0 aromatic heterocycles. The van der Waals surface area contributed by atoms with E-state index in [4.69, 9.17) is 9.47 Å². The Morgan fingerprint density at radius 2 is 2.21 bits per heavy atom. The molecule has 72 valence electrons. The van der Waals surface area contributed by atoms with Gasteiger partial charge >= 0.3 is 5.97 Å². The van der Waals surface area contributed by atoms with Crippen LogP contribution in [-0.4, -0.2) is 12.6 Å². The van der Waals surface area contributed by atoms with Gasteiger partial charge in [0.2, 0.25) is 0 Å². The number of epoxide rings is 1. The fraction of sp³-hybridized carbons (Fsp3) is 0.300. The molecular weight excluding hydrogens is 187 g/mol. The summed E-state index contributed by atoms with van der Waals surface area (Å²) in [7, 11) is 0. The van der Waals surface area contributed by atoms with Crippen LogP contribution in [0.4, 0.5) is 4.39 Å². The van der Waals surface area contributed by atoms with Crippen molar-refractivity contribution in [3.63, 3.8) is 0 Å². The van der Waals surface area contributed by atoms with Crippen molar-refractivity contribution in [1.29, 1.82) is 0 Å².